The number of aliphatic carboxylic acids is 1. The zero-order valence-electron chi connectivity index (χ0n) is 16.6. The molecule has 0 amide bonds. The Morgan fingerprint density at radius 2 is 2.03 bits per heavy atom. The van der Waals surface area contributed by atoms with Gasteiger partial charge in [0.2, 0.25) is 10.0 Å². The molecule has 0 fully saturated rings. The maximum atomic E-state index is 11.6. The Morgan fingerprint density at radius 3 is 2.67 bits per heavy atom. The molecule has 0 saturated carbocycles. The van der Waals surface area contributed by atoms with Crippen LogP contribution in [-0.2, 0) is 28.4 Å². The first-order valence-electron chi connectivity index (χ1n) is 8.91. The van der Waals surface area contributed by atoms with E-state index < -0.39 is 21.9 Å². The van der Waals surface area contributed by atoms with Crippen molar-refractivity contribution >= 4 is 38.6 Å². The van der Waals surface area contributed by atoms with Gasteiger partial charge in [-0.25, -0.2) is 17.8 Å². The number of carboxylic acid groups (broad SMARTS) is 1. The van der Waals surface area contributed by atoms with Gasteiger partial charge in [0.25, 0.3) is 0 Å². The minimum Gasteiger partial charge on any atom is -0.494 e. The summed E-state index contributed by atoms with van der Waals surface area (Å²) < 4.78 is 32.3. The molecule has 2 aromatic carbocycles. The van der Waals surface area contributed by atoms with Gasteiger partial charge in [-0.2, -0.15) is 0 Å². The lowest BCUT2D eigenvalue weighted by Crippen LogP contribution is -2.21. The molecule has 0 radical (unpaired) electrons. The topological polar surface area (TPSA) is 123 Å². The lowest BCUT2D eigenvalue weighted by atomic mass is 9.87. The summed E-state index contributed by atoms with van der Waals surface area (Å²) in [5.41, 5.74) is 3.19. The number of benzene rings is 2. The smallest absolute Gasteiger partial charge is 0.304 e. The van der Waals surface area contributed by atoms with Crippen LogP contribution in [0.5, 0.6) is 5.75 Å². The molecule has 1 atom stereocenters. The highest BCUT2D eigenvalue weighted by Gasteiger charge is 2.22. The Balaban J connectivity index is 2.09. The third kappa shape index (κ3) is 4.89. The first-order chi connectivity index (χ1) is 14.1. The van der Waals surface area contributed by atoms with Gasteiger partial charge in [-0.05, 0) is 34.9 Å². The number of ether oxygens (including phenoxy) is 1. The average Bonchev–Trinajstić information content (AvgIpc) is 3.05. The van der Waals surface area contributed by atoms with E-state index in [4.69, 9.17) is 16.3 Å². The maximum absolute atomic E-state index is 11.6. The molecule has 1 aromatic heterocycles. The van der Waals surface area contributed by atoms with Crippen molar-refractivity contribution in [1.29, 1.82) is 0 Å². The van der Waals surface area contributed by atoms with E-state index in [1.807, 2.05) is 0 Å². The fourth-order valence-corrected chi connectivity index (χ4v) is 3.89. The standard InChI is InChI=1S/C19H21ClN4O5S/c1-24-19-16(22-23-24)7-12(8-17(19)29-2)14(9-18(25)26)11-4-5-15(20)13(6-11)10-21-30(3,27)28/h4-8,14,21H,9-10H2,1-3H3,(H,25,26). The Labute approximate surface area is 178 Å². The number of hydrogen-bond donors (Lipinski definition) is 2. The first-order valence-corrected chi connectivity index (χ1v) is 11.2. The summed E-state index contributed by atoms with van der Waals surface area (Å²) in [4.78, 5) is 11.6. The average molecular weight is 453 g/mol. The molecule has 1 heterocycles. The van der Waals surface area contributed by atoms with Crippen LogP contribution in [-0.4, -0.2) is 47.9 Å². The van der Waals surface area contributed by atoms with Crippen molar-refractivity contribution in [2.45, 2.75) is 18.9 Å². The maximum Gasteiger partial charge on any atom is 0.304 e. The van der Waals surface area contributed by atoms with Crippen LogP contribution in [0.3, 0.4) is 0 Å². The molecule has 30 heavy (non-hydrogen) atoms. The van der Waals surface area contributed by atoms with Crippen molar-refractivity contribution in [2.24, 2.45) is 7.05 Å². The van der Waals surface area contributed by atoms with E-state index >= 15 is 0 Å². The van der Waals surface area contributed by atoms with Crippen molar-refractivity contribution in [1.82, 2.24) is 19.7 Å². The number of halogens is 1. The van der Waals surface area contributed by atoms with Gasteiger partial charge in [0, 0.05) is 24.5 Å². The number of hydrogen-bond acceptors (Lipinski definition) is 6. The van der Waals surface area contributed by atoms with E-state index in [2.05, 4.69) is 15.0 Å². The summed E-state index contributed by atoms with van der Waals surface area (Å²) in [5, 5.41) is 18.0. The number of aromatic nitrogens is 3. The number of carboxylic acids is 1. The number of rotatable bonds is 8. The van der Waals surface area contributed by atoms with Crippen molar-refractivity contribution in [3.05, 3.63) is 52.0 Å². The van der Waals surface area contributed by atoms with Gasteiger partial charge in [0.1, 0.15) is 16.8 Å². The molecule has 3 aromatic rings. The van der Waals surface area contributed by atoms with Gasteiger partial charge in [0.15, 0.2) is 0 Å². The van der Waals surface area contributed by atoms with Crippen LogP contribution in [0.15, 0.2) is 30.3 Å². The van der Waals surface area contributed by atoms with E-state index in [1.54, 1.807) is 42.1 Å². The van der Waals surface area contributed by atoms with E-state index in [0.717, 1.165) is 6.26 Å². The second-order valence-electron chi connectivity index (χ2n) is 6.90. The van der Waals surface area contributed by atoms with Gasteiger partial charge in [-0.15, -0.1) is 5.10 Å². The lowest BCUT2D eigenvalue weighted by Gasteiger charge is -2.19. The van der Waals surface area contributed by atoms with Gasteiger partial charge >= 0.3 is 5.97 Å². The third-order valence-electron chi connectivity index (χ3n) is 4.69. The van der Waals surface area contributed by atoms with Crippen LogP contribution >= 0.6 is 11.6 Å². The summed E-state index contributed by atoms with van der Waals surface area (Å²) in [5.74, 6) is -0.987. The highest BCUT2D eigenvalue weighted by Crippen LogP contribution is 2.35. The first kappa shape index (κ1) is 22.0. The number of methoxy groups -OCH3 is 1. The Morgan fingerprint density at radius 1 is 1.30 bits per heavy atom. The number of fused-ring (bicyclic) bond motifs is 1. The van der Waals surface area contributed by atoms with Gasteiger partial charge < -0.3 is 9.84 Å². The third-order valence-corrected chi connectivity index (χ3v) is 5.72. The fraction of sp³-hybridized carbons (Fsp3) is 0.316. The van der Waals surface area contributed by atoms with Crippen LogP contribution in [0.1, 0.15) is 29.0 Å². The molecule has 160 valence electrons. The zero-order valence-corrected chi connectivity index (χ0v) is 18.2. The molecular weight excluding hydrogens is 432 g/mol. The molecule has 0 aliphatic heterocycles. The number of sulfonamides is 1. The van der Waals surface area contributed by atoms with Crippen LogP contribution in [0.4, 0.5) is 0 Å². The monoisotopic (exact) mass is 452 g/mol. The molecule has 1 unspecified atom stereocenters. The van der Waals surface area contributed by atoms with Crippen LogP contribution in [0.25, 0.3) is 11.0 Å². The minimum absolute atomic E-state index is 0.00217. The van der Waals surface area contributed by atoms with Crippen molar-refractivity contribution < 1.29 is 23.1 Å². The summed E-state index contributed by atoms with van der Waals surface area (Å²) >= 11 is 6.22. The number of carbonyl (C=O) groups is 1. The van der Waals surface area contributed by atoms with Crippen LogP contribution in [0.2, 0.25) is 5.02 Å². The highest BCUT2D eigenvalue weighted by atomic mass is 35.5. The normalized spacial score (nSPS) is 12.8. The quantitative estimate of drug-likeness (QED) is 0.537. The molecule has 0 aliphatic carbocycles. The molecule has 11 heteroatoms. The van der Waals surface area contributed by atoms with Crippen molar-refractivity contribution in [2.75, 3.05) is 13.4 Å². The predicted octanol–water partition coefficient (Wildman–Crippen LogP) is 2.29. The Kier molecular flexibility index (Phi) is 6.30. The second kappa shape index (κ2) is 8.58. The zero-order chi connectivity index (χ0) is 22.1. The highest BCUT2D eigenvalue weighted by molar-refractivity contribution is 7.88. The lowest BCUT2D eigenvalue weighted by molar-refractivity contribution is -0.137. The van der Waals surface area contributed by atoms with Gasteiger partial charge in [-0.1, -0.05) is 28.9 Å². The fourth-order valence-electron chi connectivity index (χ4n) is 3.29. The molecule has 9 nitrogen and oxygen atoms in total. The van der Waals surface area contributed by atoms with Crippen molar-refractivity contribution in [3.8, 4) is 5.75 Å². The number of nitrogens with one attached hydrogen (secondary N) is 1. The van der Waals surface area contributed by atoms with E-state index in [1.165, 1.54) is 7.11 Å². The summed E-state index contributed by atoms with van der Waals surface area (Å²) in [6.45, 7) is -0.00217. The molecule has 0 saturated heterocycles. The van der Waals surface area contributed by atoms with E-state index in [9.17, 15) is 18.3 Å². The van der Waals surface area contributed by atoms with Crippen LogP contribution in [0, 0.1) is 0 Å². The number of nitrogens with zero attached hydrogens (tertiary/aromatic N) is 3. The van der Waals surface area contributed by atoms with E-state index in [0.29, 0.717) is 38.5 Å². The molecule has 3 rings (SSSR count). The SMILES string of the molecule is COc1cc(C(CC(=O)O)c2ccc(Cl)c(CNS(C)(=O)=O)c2)cc2nnn(C)c12. The Bertz CT molecular complexity index is 1210. The molecular formula is C19H21ClN4O5S. The second-order valence-corrected chi connectivity index (χ2v) is 9.14. The van der Waals surface area contributed by atoms with E-state index in [-0.39, 0.29) is 13.0 Å². The molecule has 2 N–H and O–H groups in total. The number of aryl methyl sites for hydroxylation is 1. The molecule has 0 bridgehead atoms. The van der Waals surface area contributed by atoms with Crippen LogP contribution < -0.4 is 9.46 Å². The predicted molar refractivity (Wildman–Crippen MR) is 112 cm³/mol. The van der Waals surface area contributed by atoms with Gasteiger partial charge in [-0.3, -0.25) is 4.79 Å². The van der Waals surface area contributed by atoms with Gasteiger partial charge in [0.05, 0.1) is 19.8 Å². The molecule has 0 aliphatic rings. The summed E-state index contributed by atoms with van der Waals surface area (Å²) in [6, 6.07) is 8.61. The Hall–Kier alpha value is -2.69. The van der Waals surface area contributed by atoms with Crippen molar-refractivity contribution in [3.63, 3.8) is 0 Å². The summed E-state index contributed by atoms with van der Waals surface area (Å²) in [6.07, 6.45) is 0.871. The largest absolute Gasteiger partial charge is 0.494 e. The minimum atomic E-state index is -3.41. The molecule has 0 spiro atoms. The summed E-state index contributed by atoms with van der Waals surface area (Å²) in [7, 11) is -0.146.